The molecule has 0 rings (SSSR count). The maximum absolute atomic E-state index is 12.3. The summed E-state index contributed by atoms with van der Waals surface area (Å²) in [7, 11) is 0. The van der Waals surface area contributed by atoms with E-state index in [0.29, 0.717) is 5.92 Å². The minimum absolute atomic E-state index is 0.0794. The molecule has 0 saturated heterocycles. The first-order valence-electron chi connectivity index (χ1n) is 11.8. The van der Waals surface area contributed by atoms with E-state index in [1.165, 1.54) is 51.8 Å². The number of rotatable bonds is 14. The number of amides is 1. The van der Waals surface area contributed by atoms with E-state index in [0.717, 1.165) is 6.42 Å². The van der Waals surface area contributed by atoms with Crippen molar-refractivity contribution in [2.75, 3.05) is 0 Å². The number of alkyl carbamates (subject to hydrolysis) is 1. The molecule has 0 aromatic rings. The van der Waals surface area contributed by atoms with Crippen LogP contribution in [0, 0.1) is 5.92 Å². The van der Waals surface area contributed by atoms with Gasteiger partial charge in [0.25, 0.3) is 0 Å². The van der Waals surface area contributed by atoms with E-state index in [1.807, 2.05) is 20.8 Å². The van der Waals surface area contributed by atoms with Gasteiger partial charge in [-0.25, -0.2) is 0 Å². The number of nitrogens with one attached hydrogen (secondary N) is 1. The van der Waals surface area contributed by atoms with Crippen LogP contribution in [0.1, 0.15) is 100 Å². The fourth-order valence-electron chi connectivity index (χ4n) is 3.68. The monoisotopic (exact) mass is 503 g/mol. The van der Waals surface area contributed by atoms with Gasteiger partial charge in [0.2, 0.25) is 0 Å². The van der Waals surface area contributed by atoms with Crippen molar-refractivity contribution in [1.29, 1.82) is 0 Å². The van der Waals surface area contributed by atoms with Crippen molar-refractivity contribution in [2.45, 2.75) is 125 Å². The average Bonchev–Trinajstić information content (AvgIpc) is 2.58. The van der Waals surface area contributed by atoms with Crippen LogP contribution in [0.3, 0.4) is 0 Å². The van der Waals surface area contributed by atoms with Crippen molar-refractivity contribution in [2.24, 2.45) is 5.92 Å². The predicted octanol–water partition coefficient (Wildman–Crippen LogP) is 7.87. The van der Waals surface area contributed by atoms with Crippen LogP contribution in [-0.2, 0) is 4.74 Å². The third kappa shape index (κ3) is 13.9. The van der Waals surface area contributed by atoms with Crippen LogP contribution in [0.2, 0.25) is 13.3 Å². The van der Waals surface area contributed by atoms with Gasteiger partial charge in [-0.2, -0.15) is 0 Å². The van der Waals surface area contributed by atoms with Gasteiger partial charge < -0.3 is 0 Å². The van der Waals surface area contributed by atoms with Crippen molar-refractivity contribution >= 4 is 24.5 Å². The summed E-state index contributed by atoms with van der Waals surface area (Å²) in [5.41, 5.74) is -0.456. The molecular weight excluding hydrogens is 453 g/mol. The maximum atomic E-state index is 12.3. The molecule has 0 saturated carbocycles. The molecule has 0 bridgehead atoms. The van der Waals surface area contributed by atoms with Crippen LogP contribution >= 0.6 is 0 Å². The van der Waals surface area contributed by atoms with Crippen LogP contribution in [0.25, 0.3) is 0 Å². The summed E-state index contributed by atoms with van der Waals surface area (Å²) in [5, 5.41) is 3.13. The Morgan fingerprint density at radius 2 is 1.43 bits per heavy atom. The number of hydrogen-bond acceptors (Lipinski definition) is 2. The van der Waals surface area contributed by atoms with Gasteiger partial charge in [-0.05, 0) is 0 Å². The van der Waals surface area contributed by atoms with Gasteiger partial charge in [0.05, 0.1) is 0 Å². The van der Waals surface area contributed by atoms with Gasteiger partial charge >= 0.3 is 181 Å². The number of carbonyl (C=O) groups excluding carboxylic acids is 1. The van der Waals surface area contributed by atoms with Gasteiger partial charge in [0.1, 0.15) is 0 Å². The first kappa shape index (κ1) is 27.8. The molecule has 0 heterocycles. The summed E-state index contributed by atoms with van der Waals surface area (Å²) in [6, 6.07) is 0.0794. The second kappa shape index (κ2) is 14.7. The average molecular weight is 502 g/mol. The Labute approximate surface area is 180 Å². The van der Waals surface area contributed by atoms with Gasteiger partial charge in [0.15, 0.2) is 0 Å². The van der Waals surface area contributed by atoms with E-state index in [9.17, 15) is 4.79 Å². The molecule has 0 spiro atoms. The standard InChI is InChI=1S/C12H22NO2.3C4H9.Sn/c1-7-10(8-9(2)3)13-11(14)15-12(4,5)6;3*1-3-4-2;/h1,7,9-10H,8H2,2-6H3,(H,13,14);3*1,3-4H2,2H3;/t10-;;;;/m1..../s1. The molecule has 28 heavy (non-hydrogen) atoms. The SMILES string of the molecule is CCC[CH2][Sn](/[CH]=C/[C@H](CC(C)C)NC(=O)OC(C)(C)C)([CH2]CCC)[CH2]CCC. The van der Waals surface area contributed by atoms with E-state index < -0.39 is 24.0 Å². The molecule has 0 unspecified atom stereocenters. The van der Waals surface area contributed by atoms with Crippen LogP contribution in [-0.4, -0.2) is 36.1 Å². The van der Waals surface area contributed by atoms with E-state index in [4.69, 9.17) is 4.74 Å². The molecule has 0 aliphatic carbocycles. The van der Waals surface area contributed by atoms with Crippen LogP contribution < -0.4 is 5.32 Å². The van der Waals surface area contributed by atoms with Crippen molar-refractivity contribution < 1.29 is 9.53 Å². The van der Waals surface area contributed by atoms with Gasteiger partial charge in [-0.1, -0.05) is 0 Å². The molecule has 0 fully saturated rings. The Kier molecular flexibility index (Phi) is 14.6. The van der Waals surface area contributed by atoms with Crippen LogP contribution in [0.5, 0.6) is 0 Å². The number of ether oxygens (including phenoxy) is 1. The summed E-state index contributed by atoms with van der Waals surface area (Å²) in [5.74, 6) is 0.538. The predicted molar refractivity (Wildman–Crippen MR) is 127 cm³/mol. The van der Waals surface area contributed by atoms with Crippen molar-refractivity contribution in [3.8, 4) is 0 Å². The molecule has 0 aliphatic rings. The Morgan fingerprint density at radius 3 is 1.79 bits per heavy atom. The topological polar surface area (TPSA) is 38.3 Å². The van der Waals surface area contributed by atoms with Gasteiger partial charge in [0, 0.05) is 0 Å². The van der Waals surface area contributed by atoms with E-state index in [1.54, 1.807) is 0 Å². The van der Waals surface area contributed by atoms with Crippen molar-refractivity contribution in [1.82, 2.24) is 5.32 Å². The number of hydrogen-bond donors (Lipinski definition) is 1. The molecule has 0 radical (unpaired) electrons. The number of unbranched alkanes of at least 4 members (excludes halogenated alkanes) is 3. The molecule has 0 aromatic carbocycles. The molecule has 0 aromatic heterocycles. The Bertz CT molecular complexity index is 419. The zero-order valence-electron chi connectivity index (χ0n) is 20.2. The molecule has 1 amide bonds. The molecule has 1 N–H and O–H groups in total. The van der Waals surface area contributed by atoms with E-state index in [2.05, 4.69) is 50.1 Å². The third-order valence-electron chi connectivity index (χ3n) is 5.19. The Balaban J connectivity index is 5.42. The quantitative estimate of drug-likeness (QED) is 0.246. The molecular formula is C24H49NO2Sn. The second-order valence-electron chi connectivity index (χ2n) is 9.91. The van der Waals surface area contributed by atoms with E-state index in [-0.39, 0.29) is 12.1 Å². The normalized spacial score (nSPS) is 13.9. The fourth-order valence-corrected chi connectivity index (χ4v) is 18.1. The zero-order valence-corrected chi connectivity index (χ0v) is 23.1. The first-order valence-corrected chi connectivity index (χ1v) is 19.5. The van der Waals surface area contributed by atoms with Gasteiger partial charge in [-0.3, -0.25) is 0 Å². The first-order chi connectivity index (χ1) is 13.1. The minimum atomic E-state index is -2.32. The Morgan fingerprint density at radius 1 is 0.964 bits per heavy atom. The van der Waals surface area contributed by atoms with Crippen molar-refractivity contribution in [3.05, 3.63) is 10.2 Å². The Hall–Kier alpha value is -0.191. The fraction of sp³-hybridized carbons (Fsp3) is 0.875. The molecule has 4 heteroatoms. The van der Waals surface area contributed by atoms with Crippen LogP contribution in [0.4, 0.5) is 4.79 Å². The molecule has 3 nitrogen and oxygen atoms in total. The van der Waals surface area contributed by atoms with Gasteiger partial charge in [-0.15, -0.1) is 0 Å². The summed E-state index contributed by atoms with van der Waals surface area (Å²) >= 11 is -2.32. The summed E-state index contributed by atoms with van der Waals surface area (Å²) in [6.45, 7) is 17.1. The second-order valence-corrected chi connectivity index (χ2v) is 22.9. The summed E-state index contributed by atoms with van der Waals surface area (Å²) < 4.78 is 12.6. The van der Waals surface area contributed by atoms with Crippen LogP contribution in [0.15, 0.2) is 10.2 Å². The molecule has 0 aliphatic heterocycles. The summed E-state index contributed by atoms with van der Waals surface area (Å²) in [4.78, 5) is 12.3. The summed E-state index contributed by atoms with van der Waals surface area (Å²) in [6.07, 6.45) is 11.0. The van der Waals surface area contributed by atoms with E-state index >= 15 is 0 Å². The molecule has 1 atom stereocenters. The van der Waals surface area contributed by atoms with Crippen molar-refractivity contribution in [3.63, 3.8) is 0 Å². The molecule has 166 valence electrons. The zero-order chi connectivity index (χ0) is 21.6. The third-order valence-corrected chi connectivity index (χ3v) is 19.3. The number of carbonyl (C=O) groups is 1.